The van der Waals surface area contributed by atoms with Crippen molar-refractivity contribution >= 4 is 0 Å². The molecule has 1 aromatic carbocycles. The van der Waals surface area contributed by atoms with Crippen LogP contribution in [0.25, 0.3) is 0 Å². The third kappa shape index (κ3) is 3.20. The number of nitrogens with zero attached hydrogens (tertiary/aromatic N) is 1. The molecule has 96 valence electrons. The lowest BCUT2D eigenvalue weighted by molar-refractivity contribution is 0.340. The first kappa shape index (κ1) is 14.0. The summed E-state index contributed by atoms with van der Waals surface area (Å²) in [5.74, 6) is 1.01. The zero-order valence-corrected chi connectivity index (χ0v) is 11.8. The summed E-state index contributed by atoms with van der Waals surface area (Å²) < 4.78 is 5.56. The van der Waals surface area contributed by atoms with Crippen LogP contribution in [0.5, 0.6) is 5.75 Å². The summed E-state index contributed by atoms with van der Waals surface area (Å²) in [6.07, 6.45) is 0. The monoisotopic (exact) mass is 236 g/mol. The van der Waals surface area contributed by atoms with Gasteiger partial charge in [-0.15, -0.1) is 0 Å². The second kappa shape index (κ2) is 6.03. The zero-order chi connectivity index (χ0) is 13.0. The number of aryl methyl sites for hydroxylation is 1. The van der Waals surface area contributed by atoms with Crippen LogP contribution in [0.2, 0.25) is 0 Å². The minimum atomic E-state index is 0.291. The van der Waals surface area contributed by atoms with Crippen molar-refractivity contribution in [2.45, 2.75) is 19.9 Å². The third-order valence-corrected chi connectivity index (χ3v) is 3.18. The van der Waals surface area contributed by atoms with Crippen molar-refractivity contribution in [2.75, 3.05) is 34.8 Å². The van der Waals surface area contributed by atoms with Gasteiger partial charge in [-0.05, 0) is 46.1 Å². The van der Waals surface area contributed by atoms with E-state index in [1.165, 1.54) is 16.7 Å². The Bertz CT molecular complexity index is 375. The van der Waals surface area contributed by atoms with Gasteiger partial charge in [-0.25, -0.2) is 0 Å². The number of hydrogen-bond acceptors (Lipinski definition) is 3. The fraction of sp³-hybridized carbons (Fsp3) is 0.571. The summed E-state index contributed by atoms with van der Waals surface area (Å²) in [4.78, 5) is 2.18. The minimum Gasteiger partial charge on any atom is -0.496 e. The van der Waals surface area contributed by atoms with E-state index in [2.05, 4.69) is 50.3 Å². The van der Waals surface area contributed by atoms with Crippen molar-refractivity contribution in [3.63, 3.8) is 0 Å². The van der Waals surface area contributed by atoms with Gasteiger partial charge in [0.2, 0.25) is 0 Å². The molecule has 1 rings (SSSR count). The molecule has 17 heavy (non-hydrogen) atoms. The summed E-state index contributed by atoms with van der Waals surface area (Å²) >= 11 is 0. The summed E-state index contributed by atoms with van der Waals surface area (Å²) in [6.45, 7) is 5.18. The maximum absolute atomic E-state index is 5.56. The van der Waals surface area contributed by atoms with Gasteiger partial charge in [-0.2, -0.15) is 0 Å². The van der Waals surface area contributed by atoms with Gasteiger partial charge in [-0.1, -0.05) is 12.1 Å². The van der Waals surface area contributed by atoms with Crippen molar-refractivity contribution in [3.8, 4) is 5.75 Å². The molecule has 1 atom stereocenters. The summed E-state index contributed by atoms with van der Waals surface area (Å²) in [6, 6.07) is 4.61. The molecule has 1 unspecified atom stereocenters. The van der Waals surface area contributed by atoms with Crippen molar-refractivity contribution in [3.05, 3.63) is 28.8 Å². The van der Waals surface area contributed by atoms with Gasteiger partial charge in [0.15, 0.2) is 0 Å². The SMILES string of the molecule is CNC(CN(C)C)c1ccc(C)c(C)c1OC. The first-order chi connectivity index (χ1) is 8.01. The lowest BCUT2D eigenvalue weighted by Crippen LogP contribution is -2.29. The smallest absolute Gasteiger partial charge is 0.126 e. The van der Waals surface area contributed by atoms with E-state index < -0.39 is 0 Å². The number of ether oxygens (including phenoxy) is 1. The van der Waals surface area contributed by atoms with Crippen molar-refractivity contribution in [1.82, 2.24) is 10.2 Å². The maximum atomic E-state index is 5.56. The third-order valence-electron chi connectivity index (χ3n) is 3.18. The second-order valence-corrected chi connectivity index (χ2v) is 4.73. The number of nitrogens with one attached hydrogen (secondary N) is 1. The zero-order valence-electron chi connectivity index (χ0n) is 11.8. The summed E-state index contributed by atoms with van der Waals surface area (Å²) in [5, 5.41) is 3.35. The molecule has 0 saturated heterocycles. The molecule has 0 radical (unpaired) electrons. The van der Waals surface area contributed by atoms with E-state index in [1.54, 1.807) is 7.11 Å². The molecule has 0 aromatic heterocycles. The topological polar surface area (TPSA) is 24.5 Å². The fourth-order valence-electron chi connectivity index (χ4n) is 2.07. The van der Waals surface area contributed by atoms with E-state index in [0.717, 1.165) is 12.3 Å². The van der Waals surface area contributed by atoms with Crippen LogP contribution in [0.4, 0.5) is 0 Å². The van der Waals surface area contributed by atoms with Gasteiger partial charge in [0.1, 0.15) is 5.75 Å². The molecule has 0 aliphatic rings. The highest BCUT2D eigenvalue weighted by molar-refractivity contribution is 5.46. The van der Waals surface area contributed by atoms with Crippen LogP contribution >= 0.6 is 0 Å². The van der Waals surface area contributed by atoms with Crippen LogP contribution < -0.4 is 10.1 Å². The highest BCUT2D eigenvalue weighted by atomic mass is 16.5. The van der Waals surface area contributed by atoms with E-state index in [4.69, 9.17) is 4.74 Å². The quantitative estimate of drug-likeness (QED) is 0.847. The molecule has 1 N–H and O–H groups in total. The Morgan fingerprint density at radius 2 is 1.94 bits per heavy atom. The van der Waals surface area contributed by atoms with Crippen molar-refractivity contribution in [1.29, 1.82) is 0 Å². The molecule has 3 nitrogen and oxygen atoms in total. The first-order valence-electron chi connectivity index (χ1n) is 5.97. The fourth-order valence-corrected chi connectivity index (χ4v) is 2.07. The van der Waals surface area contributed by atoms with Crippen LogP contribution in [0.3, 0.4) is 0 Å². The largest absolute Gasteiger partial charge is 0.496 e. The van der Waals surface area contributed by atoms with Crippen LogP contribution in [0.1, 0.15) is 22.7 Å². The molecule has 3 heteroatoms. The average Bonchev–Trinajstić information content (AvgIpc) is 2.29. The molecular formula is C14H24N2O. The molecule has 0 bridgehead atoms. The van der Waals surface area contributed by atoms with Gasteiger partial charge in [0.05, 0.1) is 7.11 Å². The molecule has 0 saturated carbocycles. The van der Waals surface area contributed by atoms with Crippen molar-refractivity contribution < 1.29 is 4.74 Å². The molecule has 0 amide bonds. The van der Waals surface area contributed by atoms with Gasteiger partial charge in [0, 0.05) is 18.2 Å². The molecule has 0 fully saturated rings. The van der Waals surface area contributed by atoms with Crippen LogP contribution in [0, 0.1) is 13.8 Å². The van der Waals surface area contributed by atoms with Gasteiger partial charge in [0.25, 0.3) is 0 Å². The Morgan fingerprint density at radius 1 is 1.29 bits per heavy atom. The Balaban J connectivity index is 3.14. The maximum Gasteiger partial charge on any atom is 0.126 e. The van der Waals surface area contributed by atoms with Crippen LogP contribution in [-0.2, 0) is 0 Å². The second-order valence-electron chi connectivity index (χ2n) is 4.73. The summed E-state index contributed by atoms with van der Waals surface area (Å²) in [5.41, 5.74) is 3.72. The Labute approximate surface area is 105 Å². The number of likely N-dealkylation sites (N-methyl/N-ethyl adjacent to an activating group) is 2. The standard InChI is InChI=1S/C14H24N2O/c1-10-7-8-12(14(17-6)11(10)2)13(15-3)9-16(4)5/h7-8,13,15H,9H2,1-6H3. The molecule has 0 spiro atoms. The molecular weight excluding hydrogens is 212 g/mol. The summed E-state index contributed by atoms with van der Waals surface area (Å²) in [7, 11) is 7.90. The van der Waals surface area contributed by atoms with Gasteiger partial charge < -0.3 is 15.0 Å². The Kier molecular flexibility index (Phi) is 4.97. The molecule has 0 aliphatic carbocycles. The number of rotatable bonds is 5. The highest BCUT2D eigenvalue weighted by Crippen LogP contribution is 2.30. The number of methoxy groups -OCH3 is 1. The molecule has 1 aromatic rings. The van der Waals surface area contributed by atoms with E-state index in [-0.39, 0.29) is 0 Å². The first-order valence-corrected chi connectivity index (χ1v) is 5.97. The number of benzene rings is 1. The Morgan fingerprint density at radius 3 is 2.41 bits per heavy atom. The average molecular weight is 236 g/mol. The van der Waals surface area contributed by atoms with E-state index >= 15 is 0 Å². The minimum absolute atomic E-state index is 0.291. The van der Waals surface area contributed by atoms with Crippen molar-refractivity contribution in [2.24, 2.45) is 0 Å². The predicted octanol–water partition coefficient (Wildman–Crippen LogP) is 2.13. The normalized spacial score (nSPS) is 12.9. The predicted molar refractivity (Wildman–Crippen MR) is 72.8 cm³/mol. The van der Waals surface area contributed by atoms with Crippen LogP contribution in [-0.4, -0.2) is 39.7 Å². The van der Waals surface area contributed by atoms with Gasteiger partial charge in [-0.3, -0.25) is 0 Å². The Hall–Kier alpha value is -1.06. The molecule has 0 aliphatic heterocycles. The van der Waals surface area contributed by atoms with Crippen LogP contribution in [0.15, 0.2) is 12.1 Å². The van der Waals surface area contributed by atoms with E-state index in [1.807, 2.05) is 7.05 Å². The lowest BCUT2D eigenvalue weighted by atomic mass is 9.99. The van der Waals surface area contributed by atoms with Gasteiger partial charge >= 0.3 is 0 Å². The lowest BCUT2D eigenvalue weighted by Gasteiger charge is -2.24. The van der Waals surface area contributed by atoms with E-state index in [9.17, 15) is 0 Å². The van der Waals surface area contributed by atoms with E-state index in [0.29, 0.717) is 6.04 Å². The highest BCUT2D eigenvalue weighted by Gasteiger charge is 2.17. The number of hydrogen-bond donors (Lipinski definition) is 1. The molecule has 0 heterocycles.